The number of carbonyl (C=O) groups excluding carboxylic acids is 2. The number of amides is 1. The second-order valence-electron chi connectivity index (χ2n) is 27.1. The third kappa shape index (κ3) is 54.7. The van der Waals surface area contributed by atoms with E-state index in [2.05, 4.69) is 31.3 Å². The molecule has 0 aromatic heterocycles. The number of unbranched alkanes of at least 4 members (excludes halogenated alkanes) is 53. The normalized spacial score (nSPS) is 17.8. The molecule has 11 nitrogen and oxygen atoms in total. The number of carbonyl (C=O) groups is 2. The molecule has 7 unspecified atom stereocenters. The first-order chi connectivity index (χ1) is 43.2. The zero-order chi connectivity index (χ0) is 63.7. The molecule has 0 bridgehead atoms. The molecule has 1 amide bonds. The van der Waals surface area contributed by atoms with Crippen molar-refractivity contribution in [3.05, 3.63) is 24.3 Å². The van der Waals surface area contributed by atoms with Gasteiger partial charge in [0.15, 0.2) is 6.29 Å². The molecule has 1 aliphatic rings. The van der Waals surface area contributed by atoms with Crippen LogP contribution in [0.2, 0.25) is 0 Å². The summed E-state index contributed by atoms with van der Waals surface area (Å²) >= 11 is 0. The van der Waals surface area contributed by atoms with Crippen LogP contribution in [0.25, 0.3) is 0 Å². The molecule has 0 aromatic carbocycles. The van der Waals surface area contributed by atoms with Gasteiger partial charge in [0, 0.05) is 12.8 Å². The summed E-state index contributed by atoms with van der Waals surface area (Å²) in [5.41, 5.74) is 0. The van der Waals surface area contributed by atoms with Crippen molar-refractivity contribution < 1.29 is 49.3 Å². The summed E-state index contributed by atoms with van der Waals surface area (Å²) in [6.07, 6.45) is 75.1. The van der Waals surface area contributed by atoms with Crippen LogP contribution >= 0.6 is 0 Å². The predicted molar refractivity (Wildman–Crippen MR) is 371 cm³/mol. The zero-order valence-electron chi connectivity index (χ0n) is 58.0. The van der Waals surface area contributed by atoms with Crippen molar-refractivity contribution in [3.63, 3.8) is 0 Å². The first-order valence-corrected chi connectivity index (χ1v) is 38.6. The van der Waals surface area contributed by atoms with Crippen LogP contribution in [-0.2, 0) is 23.8 Å². The van der Waals surface area contributed by atoms with Crippen molar-refractivity contribution in [1.82, 2.24) is 5.32 Å². The highest BCUT2D eigenvalue weighted by Crippen LogP contribution is 2.24. The third-order valence-corrected chi connectivity index (χ3v) is 18.6. The van der Waals surface area contributed by atoms with Gasteiger partial charge in [-0.3, -0.25) is 9.59 Å². The lowest BCUT2D eigenvalue weighted by atomic mass is 9.99. The van der Waals surface area contributed by atoms with E-state index in [4.69, 9.17) is 14.2 Å². The van der Waals surface area contributed by atoms with Crippen molar-refractivity contribution in [3.8, 4) is 0 Å². The summed E-state index contributed by atoms with van der Waals surface area (Å²) in [5.74, 6) is -0.160. The molecule has 11 heteroatoms. The van der Waals surface area contributed by atoms with Gasteiger partial charge in [0.25, 0.3) is 0 Å². The summed E-state index contributed by atoms with van der Waals surface area (Å²) in [6.45, 7) is 4.37. The third-order valence-electron chi connectivity index (χ3n) is 18.6. The second kappa shape index (κ2) is 66.6. The van der Waals surface area contributed by atoms with Gasteiger partial charge < -0.3 is 45.1 Å². The number of allylic oxidation sites excluding steroid dienone is 3. The maximum Gasteiger partial charge on any atom is 0.305 e. The van der Waals surface area contributed by atoms with Gasteiger partial charge in [0.2, 0.25) is 5.91 Å². The molecule has 520 valence electrons. The Balaban J connectivity index is 1.86. The SMILES string of the molecule is CCCCCCCCC/C=C/C(O)C(COC1OC(CO)C(O)C(O)C1O)NC(=O)CCCCCCCCCCCCCCCCCCC/C=C\CCCCCCCCCCCCCCCCCCOC(=O)CCCCCCCCCCCCCCCC. The topological polar surface area (TPSA) is 175 Å². The molecule has 7 atom stereocenters. The Morgan fingerprint density at radius 2 is 0.727 bits per heavy atom. The van der Waals surface area contributed by atoms with E-state index in [0.29, 0.717) is 19.4 Å². The minimum Gasteiger partial charge on any atom is -0.466 e. The zero-order valence-corrected chi connectivity index (χ0v) is 58.0. The van der Waals surface area contributed by atoms with Gasteiger partial charge in [-0.15, -0.1) is 0 Å². The molecule has 1 heterocycles. The van der Waals surface area contributed by atoms with Gasteiger partial charge in [-0.05, 0) is 57.8 Å². The Morgan fingerprint density at radius 1 is 0.409 bits per heavy atom. The summed E-state index contributed by atoms with van der Waals surface area (Å²) in [7, 11) is 0. The van der Waals surface area contributed by atoms with Crippen LogP contribution in [0.4, 0.5) is 0 Å². The molecule has 88 heavy (non-hydrogen) atoms. The fourth-order valence-electron chi connectivity index (χ4n) is 12.5. The van der Waals surface area contributed by atoms with Crippen LogP contribution in [0.1, 0.15) is 393 Å². The molecule has 1 saturated heterocycles. The number of aliphatic hydroxyl groups excluding tert-OH is 5. The molecule has 0 spiro atoms. The molecular weight excluding hydrogens is 1100 g/mol. The van der Waals surface area contributed by atoms with Gasteiger partial charge in [-0.25, -0.2) is 0 Å². The van der Waals surface area contributed by atoms with E-state index in [1.54, 1.807) is 6.08 Å². The highest BCUT2D eigenvalue weighted by atomic mass is 16.7. The van der Waals surface area contributed by atoms with Crippen LogP contribution < -0.4 is 5.32 Å². The quantitative estimate of drug-likeness (QED) is 0.0195. The fraction of sp³-hybridized carbons (Fsp3) is 0.922. The van der Waals surface area contributed by atoms with Crippen molar-refractivity contribution in [2.24, 2.45) is 0 Å². The van der Waals surface area contributed by atoms with Crippen LogP contribution in [-0.4, -0.2) is 100 Å². The standard InChI is InChI=1S/C77H147NO10/c1-3-5-7-9-11-13-14-15-42-45-49-53-57-61-65-73(82)86-66-62-58-54-50-46-43-40-38-36-34-32-30-28-26-24-22-20-18-16-17-19-21-23-25-27-29-31-33-35-37-39-41-44-48-52-56-60-64-72(81)78-69(70(80)63-59-55-51-47-12-10-8-6-4-2)68-87-77-76(85)75(84)74(83)71(67-79)88-77/h16,18,59,63,69-71,74-77,79-80,83-85H,3-15,17,19-58,60-62,64-68H2,1-2H3,(H,78,81)/b18-16-,63-59+. The monoisotopic (exact) mass is 1250 g/mol. The van der Waals surface area contributed by atoms with Gasteiger partial charge in [-0.2, -0.15) is 0 Å². The van der Waals surface area contributed by atoms with Gasteiger partial charge in [0.1, 0.15) is 24.4 Å². The van der Waals surface area contributed by atoms with Gasteiger partial charge in [0.05, 0.1) is 32.0 Å². The number of esters is 1. The molecule has 1 fully saturated rings. The summed E-state index contributed by atoms with van der Waals surface area (Å²) in [6, 6.07) is -0.805. The number of ether oxygens (including phenoxy) is 3. The van der Waals surface area contributed by atoms with E-state index in [0.717, 1.165) is 51.4 Å². The molecule has 1 aliphatic heterocycles. The number of hydrogen-bond acceptors (Lipinski definition) is 10. The Morgan fingerprint density at radius 3 is 1.09 bits per heavy atom. The number of hydrogen-bond donors (Lipinski definition) is 6. The Kier molecular flexibility index (Phi) is 63.7. The second-order valence-corrected chi connectivity index (χ2v) is 27.1. The first-order valence-electron chi connectivity index (χ1n) is 38.6. The van der Waals surface area contributed by atoms with Crippen molar-refractivity contribution >= 4 is 11.9 Å². The number of rotatable bonds is 69. The first kappa shape index (κ1) is 84.2. The molecule has 0 radical (unpaired) electrons. The summed E-state index contributed by atoms with van der Waals surface area (Å²) in [5, 5.41) is 54.3. The predicted octanol–water partition coefficient (Wildman–Crippen LogP) is 20.4. The van der Waals surface area contributed by atoms with Crippen LogP contribution in [0.3, 0.4) is 0 Å². The highest BCUT2D eigenvalue weighted by Gasteiger charge is 2.44. The Labute approximate surface area is 543 Å². The van der Waals surface area contributed by atoms with E-state index < -0.39 is 49.5 Å². The minimum atomic E-state index is -1.57. The summed E-state index contributed by atoms with van der Waals surface area (Å²) < 4.78 is 16.7. The van der Waals surface area contributed by atoms with Crippen LogP contribution in [0.5, 0.6) is 0 Å². The van der Waals surface area contributed by atoms with Crippen molar-refractivity contribution in [1.29, 1.82) is 0 Å². The lowest BCUT2D eigenvalue weighted by molar-refractivity contribution is -0.302. The highest BCUT2D eigenvalue weighted by molar-refractivity contribution is 5.76. The van der Waals surface area contributed by atoms with Gasteiger partial charge in [-0.1, -0.05) is 346 Å². The smallest absolute Gasteiger partial charge is 0.305 e. The van der Waals surface area contributed by atoms with E-state index in [9.17, 15) is 35.1 Å². The average molecular weight is 1250 g/mol. The lowest BCUT2D eigenvalue weighted by Gasteiger charge is -2.40. The number of aliphatic hydroxyl groups is 5. The van der Waals surface area contributed by atoms with E-state index >= 15 is 0 Å². The van der Waals surface area contributed by atoms with E-state index in [1.807, 2.05) is 6.08 Å². The molecule has 1 rings (SSSR count). The Bertz CT molecular complexity index is 1510. The molecular formula is C77H147NO10. The maximum absolute atomic E-state index is 13.0. The van der Waals surface area contributed by atoms with E-state index in [1.165, 1.54) is 315 Å². The van der Waals surface area contributed by atoms with E-state index in [-0.39, 0.29) is 18.5 Å². The Hall–Kier alpha value is -1.86. The van der Waals surface area contributed by atoms with Crippen LogP contribution in [0, 0.1) is 0 Å². The van der Waals surface area contributed by atoms with Gasteiger partial charge >= 0.3 is 5.97 Å². The molecule has 0 aromatic rings. The lowest BCUT2D eigenvalue weighted by Crippen LogP contribution is -2.60. The molecule has 0 saturated carbocycles. The molecule has 6 N–H and O–H groups in total. The maximum atomic E-state index is 13.0. The minimum absolute atomic E-state index is 0.0182. The van der Waals surface area contributed by atoms with Crippen molar-refractivity contribution in [2.75, 3.05) is 19.8 Å². The molecule has 0 aliphatic carbocycles. The average Bonchev–Trinajstić information content (AvgIpc) is 3.35. The van der Waals surface area contributed by atoms with Crippen LogP contribution in [0.15, 0.2) is 24.3 Å². The number of nitrogens with one attached hydrogen (secondary N) is 1. The fourth-order valence-corrected chi connectivity index (χ4v) is 12.5. The largest absolute Gasteiger partial charge is 0.466 e. The summed E-state index contributed by atoms with van der Waals surface area (Å²) in [4.78, 5) is 25.1. The van der Waals surface area contributed by atoms with Crippen molar-refractivity contribution in [2.45, 2.75) is 436 Å².